The van der Waals surface area contributed by atoms with Gasteiger partial charge >= 0.3 is 0 Å². The molecule has 2 N–H and O–H groups in total. The number of nitrogens with one attached hydrogen (secondary N) is 2. The van der Waals surface area contributed by atoms with E-state index in [1.807, 2.05) is 42.6 Å². The Morgan fingerprint density at radius 1 is 1.43 bits per heavy atom. The molecular formula is C15H14ClN3OS. The number of H-pyrrole nitrogens is 1. The Labute approximate surface area is 130 Å². The molecule has 0 radical (unpaired) electrons. The quantitative estimate of drug-likeness (QED) is 0.774. The number of hydrogen-bond donors (Lipinski definition) is 2. The highest BCUT2D eigenvalue weighted by molar-refractivity contribution is 7.17. The van der Waals surface area contributed by atoms with Crippen LogP contribution in [-0.4, -0.2) is 9.97 Å². The standard InChI is InChI=1S/C15H14ClN3OS/c1-9(10-3-2-4-11(16)7-10)17-8-13-18-12-5-6-21-14(12)15(20)19-13/h2-7,9,17H,8H2,1H3,(H,18,19,20). The molecule has 1 unspecified atom stereocenters. The van der Waals surface area contributed by atoms with Crippen LogP contribution in [0.5, 0.6) is 0 Å². The Kier molecular flexibility index (Phi) is 4.05. The molecule has 3 aromatic rings. The van der Waals surface area contributed by atoms with Gasteiger partial charge in [-0.1, -0.05) is 23.7 Å². The summed E-state index contributed by atoms with van der Waals surface area (Å²) >= 11 is 7.40. The van der Waals surface area contributed by atoms with Crippen LogP contribution in [0.15, 0.2) is 40.5 Å². The smallest absolute Gasteiger partial charge is 0.268 e. The van der Waals surface area contributed by atoms with E-state index in [4.69, 9.17) is 11.6 Å². The molecule has 2 heterocycles. The molecule has 2 aromatic heterocycles. The minimum absolute atomic E-state index is 0.0813. The molecule has 6 heteroatoms. The Hall–Kier alpha value is -1.69. The monoisotopic (exact) mass is 319 g/mol. The van der Waals surface area contributed by atoms with Crippen molar-refractivity contribution in [3.05, 3.63) is 62.5 Å². The van der Waals surface area contributed by atoms with E-state index < -0.39 is 0 Å². The minimum atomic E-state index is -0.0813. The molecule has 0 saturated carbocycles. The fourth-order valence-corrected chi connectivity index (χ4v) is 3.07. The van der Waals surface area contributed by atoms with E-state index in [1.165, 1.54) is 11.3 Å². The lowest BCUT2D eigenvalue weighted by Crippen LogP contribution is -2.21. The largest absolute Gasteiger partial charge is 0.308 e. The van der Waals surface area contributed by atoms with Crippen LogP contribution >= 0.6 is 22.9 Å². The molecular weight excluding hydrogens is 306 g/mol. The third kappa shape index (κ3) is 3.15. The van der Waals surface area contributed by atoms with Gasteiger partial charge in [0.2, 0.25) is 0 Å². The van der Waals surface area contributed by atoms with Crippen LogP contribution in [0.1, 0.15) is 24.4 Å². The van der Waals surface area contributed by atoms with Crippen molar-refractivity contribution in [3.8, 4) is 0 Å². The molecule has 0 aliphatic rings. The van der Waals surface area contributed by atoms with Crippen LogP contribution < -0.4 is 10.9 Å². The number of rotatable bonds is 4. The van der Waals surface area contributed by atoms with Crippen LogP contribution in [0.2, 0.25) is 5.02 Å². The van der Waals surface area contributed by atoms with Gasteiger partial charge in [0.25, 0.3) is 5.56 Å². The summed E-state index contributed by atoms with van der Waals surface area (Å²) in [6.07, 6.45) is 0. The van der Waals surface area contributed by atoms with E-state index in [9.17, 15) is 4.79 Å². The van der Waals surface area contributed by atoms with Crippen LogP contribution in [-0.2, 0) is 6.54 Å². The predicted octanol–water partition coefficient (Wildman–Crippen LogP) is 3.49. The van der Waals surface area contributed by atoms with E-state index in [0.29, 0.717) is 22.1 Å². The molecule has 0 saturated heterocycles. The zero-order chi connectivity index (χ0) is 14.8. The van der Waals surface area contributed by atoms with Crippen molar-refractivity contribution in [2.45, 2.75) is 19.5 Å². The van der Waals surface area contributed by atoms with E-state index in [1.54, 1.807) is 0 Å². The summed E-state index contributed by atoms with van der Waals surface area (Å²) in [6, 6.07) is 9.69. The van der Waals surface area contributed by atoms with Gasteiger partial charge in [0.1, 0.15) is 10.5 Å². The van der Waals surface area contributed by atoms with Gasteiger partial charge in [-0.05, 0) is 36.1 Å². The maximum Gasteiger partial charge on any atom is 0.268 e. The van der Waals surface area contributed by atoms with Crippen LogP contribution in [0, 0.1) is 0 Å². The lowest BCUT2D eigenvalue weighted by molar-refractivity contribution is 0.559. The van der Waals surface area contributed by atoms with Crippen molar-refractivity contribution in [2.24, 2.45) is 0 Å². The first-order chi connectivity index (χ1) is 10.1. The van der Waals surface area contributed by atoms with Crippen molar-refractivity contribution in [2.75, 3.05) is 0 Å². The van der Waals surface area contributed by atoms with Crippen LogP contribution in [0.3, 0.4) is 0 Å². The molecule has 108 valence electrons. The van der Waals surface area contributed by atoms with Crippen molar-refractivity contribution in [1.29, 1.82) is 0 Å². The summed E-state index contributed by atoms with van der Waals surface area (Å²) < 4.78 is 0.668. The predicted molar refractivity (Wildman–Crippen MR) is 86.9 cm³/mol. The van der Waals surface area contributed by atoms with Gasteiger partial charge in [0.15, 0.2) is 0 Å². The number of thiophene rings is 1. The molecule has 0 aliphatic carbocycles. The summed E-state index contributed by atoms with van der Waals surface area (Å²) in [7, 11) is 0. The second-order valence-corrected chi connectivity index (χ2v) is 6.16. The minimum Gasteiger partial charge on any atom is -0.308 e. The molecule has 0 aliphatic heterocycles. The molecule has 0 bridgehead atoms. The molecule has 21 heavy (non-hydrogen) atoms. The van der Waals surface area contributed by atoms with E-state index in [2.05, 4.69) is 15.3 Å². The fourth-order valence-electron chi connectivity index (χ4n) is 2.15. The first-order valence-corrected chi connectivity index (χ1v) is 7.84. The molecule has 1 aromatic carbocycles. The molecule has 0 fully saturated rings. The molecule has 1 atom stereocenters. The summed E-state index contributed by atoms with van der Waals surface area (Å²) in [6.45, 7) is 2.54. The fraction of sp³-hybridized carbons (Fsp3) is 0.200. The maximum atomic E-state index is 11.9. The summed E-state index contributed by atoms with van der Waals surface area (Å²) in [5.41, 5.74) is 1.76. The Morgan fingerprint density at radius 3 is 3.10 bits per heavy atom. The zero-order valence-corrected chi connectivity index (χ0v) is 13.0. The maximum absolute atomic E-state index is 11.9. The van der Waals surface area contributed by atoms with Gasteiger partial charge in [0.05, 0.1) is 12.1 Å². The molecule has 0 spiro atoms. The second-order valence-electron chi connectivity index (χ2n) is 4.81. The number of fused-ring (bicyclic) bond motifs is 1. The zero-order valence-electron chi connectivity index (χ0n) is 11.4. The normalized spacial score (nSPS) is 12.7. The first-order valence-electron chi connectivity index (χ1n) is 6.59. The van der Waals surface area contributed by atoms with Gasteiger partial charge in [-0.2, -0.15) is 0 Å². The lowest BCUT2D eigenvalue weighted by atomic mass is 10.1. The van der Waals surface area contributed by atoms with Crippen molar-refractivity contribution < 1.29 is 0 Å². The van der Waals surface area contributed by atoms with Gasteiger partial charge in [-0.25, -0.2) is 4.98 Å². The van der Waals surface area contributed by atoms with Crippen molar-refractivity contribution in [1.82, 2.24) is 15.3 Å². The van der Waals surface area contributed by atoms with Gasteiger partial charge in [0, 0.05) is 11.1 Å². The van der Waals surface area contributed by atoms with Gasteiger partial charge in [-0.15, -0.1) is 11.3 Å². The average molecular weight is 320 g/mol. The topological polar surface area (TPSA) is 57.8 Å². The highest BCUT2D eigenvalue weighted by Crippen LogP contribution is 2.18. The first kappa shape index (κ1) is 14.3. The highest BCUT2D eigenvalue weighted by Gasteiger charge is 2.08. The summed E-state index contributed by atoms with van der Waals surface area (Å²) in [4.78, 5) is 19.1. The van der Waals surface area contributed by atoms with Gasteiger partial charge < -0.3 is 10.3 Å². The summed E-state index contributed by atoms with van der Waals surface area (Å²) in [5.74, 6) is 0.639. The Bertz CT molecular complexity index is 827. The molecule has 0 amide bonds. The van der Waals surface area contributed by atoms with Crippen LogP contribution in [0.4, 0.5) is 0 Å². The number of benzene rings is 1. The third-order valence-electron chi connectivity index (χ3n) is 3.29. The Balaban J connectivity index is 1.75. The van der Waals surface area contributed by atoms with E-state index in [-0.39, 0.29) is 11.6 Å². The summed E-state index contributed by atoms with van der Waals surface area (Å²) in [5, 5.41) is 5.93. The lowest BCUT2D eigenvalue weighted by Gasteiger charge is -2.14. The number of hydrogen-bond acceptors (Lipinski definition) is 4. The van der Waals surface area contributed by atoms with E-state index in [0.717, 1.165) is 11.1 Å². The second kappa shape index (κ2) is 5.97. The third-order valence-corrected chi connectivity index (χ3v) is 4.43. The molecule has 4 nitrogen and oxygen atoms in total. The molecule has 3 rings (SSSR count). The average Bonchev–Trinajstić information content (AvgIpc) is 2.93. The van der Waals surface area contributed by atoms with Crippen LogP contribution in [0.25, 0.3) is 10.2 Å². The van der Waals surface area contributed by atoms with Crippen molar-refractivity contribution >= 4 is 33.2 Å². The van der Waals surface area contributed by atoms with E-state index >= 15 is 0 Å². The number of halogens is 1. The number of aromatic amines is 1. The number of aromatic nitrogens is 2. The SMILES string of the molecule is CC(NCc1nc2ccsc2c(=O)[nH]1)c1cccc(Cl)c1. The van der Waals surface area contributed by atoms with Crippen molar-refractivity contribution in [3.63, 3.8) is 0 Å². The Morgan fingerprint density at radius 2 is 2.29 bits per heavy atom. The number of nitrogens with zero attached hydrogens (tertiary/aromatic N) is 1. The van der Waals surface area contributed by atoms with Gasteiger partial charge in [-0.3, -0.25) is 4.79 Å². The highest BCUT2D eigenvalue weighted by atomic mass is 35.5.